The zero-order valence-electron chi connectivity index (χ0n) is 18.7. The van der Waals surface area contributed by atoms with Crippen LogP contribution in [0.15, 0.2) is 56.1 Å². The zero-order valence-corrected chi connectivity index (χ0v) is 18.7. The highest BCUT2D eigenvalue weighted by Crippen LogP contribution is 2.37. The minimum atomic E-state index is -1.35. The number of nitrogens with one attached hydrogen (secondary N) is 1. The maximum absolute atomic E-state index is 12.7. The fraction of sp³-hybridized carbons (Fsp3) is 0.269. The molecular weight excluding hydrogens is 422 g/mol. The van der Waals surface area contributed by atoms with Crippen molar-refractivity contribution < 1.29 is 23.5 Å². The number of carboxylic acid groups (broad SMARTS) is 1. The van der Waals surface area contributed by atoms with Gasteiger partial charge in [0.25, 0.3) is 0 Å². The predicted octanol–water partition coefficient (Wildman–Crippen LogP) is 3.40. The number of amides is 1. The lowest BCUT2D eigenvalue weighted by Gasteiger charge is -2.19. The molecule has 0 saturated heterocycles. The van der Waals surface area contributed by atoms with Gasteiger partial charge in [0.05, 0.1) is 24.0 Å². The molecule has 7 nitrogen and oxygen atoms in total. The molecule has 0 aliphatic rings. The Kier molecular flexibility index (Phi) is 6.05. The molecule has 1 atom stereocenters. The summed E-state index contributed by atoms with van der Waals surface area (Å²) in [5.41, 5.74) is 3.08. The zero-order chi connectivity index (χ0) is 23.7. The highest BCUT2D eigenvalue weighted by atomic mass is 16.4. The van der Waals surface area contributed by atoms with E-state index in [9.17, 15) is 19.5 Å². The minimum Gasteiger partial charge on any atom is -0.548 e. The molecule has 4 rings (SSSR count). The molecule has 2 aromatic heterocycles. The second-order valence-corrected chi connectivity index (χ2v) is 8.14. The number of benzene rings is 2. The fourth-order valence-corrected chi connectivity index (χ4v) is 4.21. The Hall–Kier alpha value is -3.87. The largest absolute Gasteiger partial charge is 0.548 e. The van der Waals surface area contributed by atoms with Gasteiger partial charge in [-0.2, -0.15) is 0 Å². The molecule has 0 unspecified atom stereocenters. The van der Waals surface area contributed by atoms with Gasteiger partial charge in [-0.05, 0) is 37.5 Å². The molecule has 2 heterocycles. The number of carbonyl (C=O) groups is 2. The smallest absolute Gasteiger partial charge is 0.340 e. The van der Waals surface area contributed by atoms with Gasteiger partial charge in [0, 0.05) is 22.4 Å². The Morgan fingerprint density at radius 2 is 1.73 bits per heavy atom. The van der Waals surface area contributed by atoms with E-state index >= 15 is 0 Å². The van der Waals surface area contributed by atoms with Crippen molar-refractivity contribution in [3.05, 3.63) is 69.8 Å². The van der Waals surface area contributed by atoms with Crippen LogP contribution in [0.4, 0.5) is 0 Å². The maximum Gasteiger partial charge on any atom is 0.340 e. The van der Waals surface area contributed by atoms with Crippen molar-refractivity contribution in [2.24, 2.45) is 0 Å². The van der Waals surface area contributed by atoms with E-state index in [0.29, 0.717) is 28.5 Å². The van der Waals surface area contributed by atoms with Gasteiger partial charge in [0.1, 0.15) is 16.9 Å². The average molecular weight is 446 g/mol. The molecule has 0 aliphatic carbocycles. The first kappa shape index (κ1) is 22.3. The summed E-state index contributed by atoms with van der Waals surface area (Å²) >= 11 is 0. The van der Waals surface area contributed by atoms with Gasteiger partial charge in [-0.15, -0.1) is 0 Å². The van der Waals surface area contributed by atoms with Crippen LogP contribution in [-0.2, 0) is 16.0 Å². The number of hydrogen-bond acceptors (Lipinski definition) is 6. The van der Waals surface area contributed by atoms with Gasteiger partial charge in [0.15, 0.2) is 0 Å². The van der Waals surface area contributed by atoms with Crippen LogP contribution in [0.2, 0.25) is 0 Å². The van der Waals surface area contributed by atoms with Gasteiger partial charge in [-0.1, -0.05) is 43.7 Å². The number of hydrogen-bond donors (Lipinski definition) is 1. The van der Waals surface area contributed by atoms with Crippen molar-refractivity contribution in [2.45, 2.75) is 46.1 Å². The number of carbonyl (C=O) groups excluding carboxylic acids is 2. The molecule has 0 radical (unpaired) electrons. The minimum absolute atomic E-state index is 0.189. The first-order valence-corrected chi connectivity index (χ1v) is 10.8. The van der Waals surface area contributed by atoms with Crippen LogP contribution >= 0.6 is 0 Å². The molecule has 33 heavy (non-hydrogen) atoms. The van der Waals surface area contributed by atoms with Crippen LogP contribution in [0.5, 0.6) is 0 Å². The van der Waals surface area contributed by atoms with E-state index in [0.717, 1.165) is 22.3 Å². The molecule has 0 bridgehead atoms. The lowest BCUT2D eigenvalue weighted by molar-refractivity contribution is -0.308. The standard InChI is InChI=1S/C26H25NO6/c1-4-8-20(25(29)30)27-23(28)12-18-14(2)17-11-19-22(13-21(17)33-26(18)31)32-15(3)24(19)16-9-6-5-7-10-16/h5-7,9-11,13,20H,4,8,12H2,1-3H3,(H,27,28)(H,29,30)/p-1/t20-/m0/s1. The van der Waals surface area contributed by atoms with E-state index < -0.39 is 23.5 Å². The SMILES string of the molecule is CCC[C@H](NC(=O)Cc1c(C)c2cc3c(-c4ccccc4)c(C)oc3cc2oc1=O)C(=O)[O-]. The molecule has 7 heteroatoms. The molecule has 0 spiro atoms. The summed E-state index contributed by atoms with van der Waals surface area (Å²) in [4.78, 5) is 36.4. The van der Waals surface area contributed by atoms with E-state index in [1.165, 1.54) is 0 Å². The van der Waals surface area contributed by atoms with Crippen LogP contribution in [-0.4, -0.2) is 17.9 Å². The third kappa shape index (κ3) is 4.26. The fourth-order valence-electron chi connectivity index (χ4n) is 4.21. The van der Waals surface area contributed by atoms with Crippen LogP contribution in [0.3, 0.4) is 0 Å². The van der Waals surface area contributed by atoms with Crippen molar-refractivity contribution in [1.29, 1.82) is 0 Å². The van der Waals surface area contributed by atoms with Gasteiger partial charge in [0.2, 0.25) is 5.91 Å². The molecule has 0 fully saturated rings. The molecule has 1 N–H and O–H groups in total. The summed E-state index contributed by atoms with van der Waals surface area (Å²) in [6, 6.07) is 12.3. The summed E-state index contributed by atoms with van der Waals surface area (Å²) in [5, 5.41) is 15.2. The Balaban J connectivity index is 1.78. The van der Waals surface area contributed by atoms with Crippen LogP contribution in [0, 0.1) is 13.8 Å². The molecule has 170 valence electrons. The normalized spacial score (nSPS) is 12.2. The Labute approximate surface area is 190 Å². The third-order valence-corrected chi connectivity index (χ3v) is 5.87. The van der Waals surface area contributed by atoms with Gasteiger partial charge in [-0.3, -0.25) is 4.79 Å². The predicted molar refractivity (Wildman–Crippen MR) is 123 cm³/mol. The molecule has 4 aromatic rings. The molecular formula is C26H24NO6-. The molecule has 1 amide bonds. The third-order valence-electron chi connectivity index (χ3n) is 5.87. The monoisotopic (exact) mass is 446 g/mol. The molecule has 0 aliphatic heterocycles. The highest BCUT2D eigenvalue weighted by molar-refractivity contribution is 6.03. The van der Waals surface area contributed by atoms with Crippen molar-refractivity contribution in [3.8, 4) is 11.1 Å². The quantitative estimate of drug-likeness (QED) is 0.436. The summed E-state index contributed by atoms with van der Waals surface area (Å²) in [6.07, 6.45) is 0.533. The van der Waals surface area contributed by atoms with E-state index in [1.54, 1.807) is 13.0 Å². The van der Waals surface area contributed by atoms with Crippen molar-refractivity contribution in [2.75, 3.05) is 0 Å². The summed E-state index contributed by atoms with van der Waals surface area (Å²) in [5.74, 6) is -1.17. The topological polar surface area (TPSA) is 113 Å². The second kappa shape index (κ2) is 8.94. The van der Waals surface area contributed by atoms with E-state index in [1.807, 2.05) is 50.2 Å². The number of carboxylic acids is 1. The summed E-state index contributed by atoms with van der Waals surface area (Å²) < 4.78 is 11.5. The molecule has 0 saturated carbocycles. The van der Waals surface area contributed by atoms with Crippen molar-refractivity contribution in [1.82, 2.24) is 5.32 Å². The first-order valence-electron chi connectivity index (χ1n) is 10.8. The maximum atomic E-state index is 12.7. The average Bonchev–Trinajstić information content (AvgIpc) is 3.10. The number of aryl methyl sites for hydroxylation is 2. The second-order valence-electron chi connectivity index (χ2n) is 8.14. The van der Waals surface area contributed by atoms with E-state index in [4.69, 9.17) is 8.83 Å². The molecule has 2 aromatic carbocycles. The lowest BCUT2D eigenvalue weighted by atomic mass is 9.98. The van der Waals surface area contributed by atoms with Gasteiger partial charge >= 0.3 is 5.63 Å². The Bertz CT molecular complexity index is 1410. The number of furan rings is 1. The number of fused-ring (bicyclic) bond motifs is 2. The van der Waals surface area contributed by atoms with Crippen LogP contribution in [0.25, 0.3) is 33.1 Å². The van der Waals surface area contributed by atoms with Crippen LogP contribution < -0.4 is 16.0 Å². The Morgan fingerprint density at radius 1 is 1.03 bits per heavy atom. The highest BCUT2D eigenvalue weighted by Gasteiger charge is 2.20. The van der Waals surface area contributed by atoms with Crippen LogP contribution in [0.1, 0.15) is 36.7 Å². The summed E-state index contributed by atoms with van der Waals surface area (Å²) in [7, 11) is 0. The summed E-state index contributed by atoms with van der Waals surface area (Å²) in [6.45, 7) is 5.45. The lowest BCUT2D eigenvalue weighted by Crippen LogP contribution is -2.48. The number of aliphatic carboxylic acids is 1. The first-order chi connectivity index (χ1) is 15.8. The Morgan fingerprint density at radius 3 is 2.39 bits per heavy atom. The van der Waals surface area contributed by atoms with Crippen molar-refractivity contribution >= 4 is 33.8 Å². The number of rotatable bonds is 7. The van der Waals surface area contributed by atoms with Gasteiger partial charge in [-0.25, -0.2) is 4.79 Å². The van der Waals surface area contributed by atoms with E-state index in [2.05, 4.69) is 5.32 Å². The van der Waals surface area contributed by atoms with Gasteiger partial charge < -0.3 is 24.1 Å². The van der Waals surface area contributed by atoms with Crippen molar-refractivity contribution in [3.63, 3.8) is 0 Å². The van der Waals surface area contributed by atoms with E-state index in [-0.39, 0.29) is 18.4 Å².